The molecule has 0 radical (unpaired) electrons. The standard InChI is InChI=1S/C11H12Cl2N2O2S/c1-6(16)14-10(5-18)11(17)15-9-3-7(12)2-8(13)4-9/h2-4,10,18H,5H2,1H3,(H,14,16)(H,15,17). The zero-order valence-corrected chi connectivity index (χ0v) is 11.9. The maximum atomic E-state index is 11.8. The monoisotopic (exact) mass is 306 g/mol. The number of rotatable bonds is 4. The van der Waals surface area contributed by atoms with Crippen molar-refractivity contribution in [3.8, 4) is 0 Å². The molecule has 0 aromatic heterocycles. The van der Waals surface area contributed by atoms with Gasteiger partial charge in [0.2, 0.25) is 11.8 Å². The number of halogens is 2. The fourth-order valence-electron chi connectivity index (χ4n) is 1.29. The molecule has 4 nitrogen and oxygen atoms in total. The number of anilines is 1. The van der Waals surface area contributed by atoms with Crippen molar-refractivity contribution in [1.29, 1.82) is 0 Å². The summed E-state index contributed by atoms with van der Waals surface area (Å²) >= 11 is 15.6. The zero-order valence-electron chi connectivity index (χ0n) is 9.54. The SMILES string of the molecule is CC(=O)NC(CS)C(=O)Nc1cc(Cl)cc(Cl)c1. The van der Waals surface area contributed by atoms with E-state index in [1.54, 1.807) is 18.2 Å². The fraction of sp³-hybridized carbons (Fsp3) is 0.273. The Morgan fingerprint density at radius 2 is 1.83 bits per heavy atom. The number of carbonyl (C=O) groups excluding carboxylic acids is 2. The van der Waals surface area contributed by atoms with Gasteiger partial charge in [-0.15, -0.1) is 0 Å². The van der Waals surface area contributed by atoms with Crippen LogP contribution in [0.2, 0.25) is 10.0 Å². The van der Waals surface area contributed by atoms with Crippen LogP contribution in [0.4, 0.5) is 5.69 Å². The lowest BCUT2D eigenvalue weighted by molar-refractivity contribution is -0.124. The van der Waals surface area contributed by atoms with Gasteiger partial charge in [0.15, 0.2) is 0 Å². The Labute approximate surface area is 120 Å². The number of thiol groups is 1. The maximum absolute atomic E-state index is 11.8. The van der Waals surface area contributed by atoms with E-state index in [9.17, 15) is 9.59 Å². The summed E-state index contributed by atoms with van der Waals surface area (Å²) in [5.74, 6) is -0.480. The minimum absolute atomic E-state index is 0.194. The van der Waals surface area contributed by atoms with Crippen LogP contribution in [-0.4, -0.2) is 23.6 Å². The van der Waals surface area contributed by atoms with Crippen molar-refractivity contribution in [3.63, 3.8) is 0 Å². The number of hydrogen-bond donors (Lipinski definition) is 3. The molecule has 0 fully saturated rings. The van der Waals surface area contributed by atoms with Crippen LogP contribution in [0.15, 0.2) is 18.2 Å². The molecule has 98 valence electrons. The van der Waals surface area contributed by atoms with Gasteiger partial charge in [0.1, 0.15) is 6.04 Å². The van der Waals surface area contributed by atoms with Gasteiger partial charge in [-0.05, 0) is 18.2 Å². The maximum Gasteiger partial charge on any atom is 0.247 e. The van der Waals surface area contributed by atoms with Crippen LogP contribution in [0, 0.1) is 0 Å². The van der Waals surface area contributed by atoms with E-state index in [-0.39, 0.29) is 17.6 Å². The molecule has 0 spiro atoms. The topological polar surface area (TPSA) is 58.2 Å². The molecule has 0 heterocycles. The van der Waals surface area contributed by atoms with Gasteiger partial charge in [-0.25, -0.2) is 0 Å². The predicted molar refractivity (Wildman–Crippen MR) is 76.5 cm³/mol. The molecule has 0 saturated carbocycles. The summed E-state index contributed by atoms with van der Waals surface area (Å²) in [5.41, 5.74) is 0.467. The Morgan fingerprint density at radius 3 is 2.28 bits per heavy atom. The highest BCUT2D eigenvalue weighted by Crippen LogP contribution is 2.22. The Kier molecular flexibility index (Phi) is 5.78. The van der Waals surface area contributed by atoms with Crippen molar-refractivity contribution in [2.24, 2.45) is 0 Å². The van der Waals surface area contributed by atoms with Gasteiger partial charge in [-0.3, -0.25) is 9.59 Å². The van der Waals surface area contributed by atoms with Crippen molar-refractivity contribution in [1.82, 2.24) is 5.32 Å². The van der Waals surface area contributed by atoms with Crippen LogP contribution >= 0.6 is 35.8 Å². The van der Waals surface area contributed by atoms with Gasteiger partial charge >= 0.3 is 0 Å². The predicted octanol–water partition coefficient (Wildman–Crippen LogP) is 2.37. The summed E-state index contributed by atoms with van der Waals surface area (Å²) in [6.45, 7) is 1.33. The molecule has 1 rings (SSSR count). The van der Waals surface area contributed by atoms with E-state index in [1.807, 2.05) is 0 Å². The second-order valence-electron chi connectivity index (χ2n) is 3.58. The molecule has 1 atom stereocenters. The number of benzene rings is 1. The zero-order chi connectivity index (χ0) is 13.7. The van der Waals surface area contributed by atoms with Crippen LogP contribution in [-0.2, 0) is 9.59 Å². The van der Waals surface area contributed by atoms with Crippen molar-refractivity contribution in [2.75, 3.05) is 11.1 Å². The molecular formula is C11H12Cl2N2O2S. The quantitative estimate of drug-likeness (QED) is 0.748. The molecule has 7 heteroatoms. The van der Waals surface area contributed by atoms with Crippen LogP contribution in [0.3, 0.4) is 0 Å². The first-order valence-corrected chi connectivity index (χ1v) is 6.46. The third-order valence-electron chi connectivity index (χ3n) is 2.01. The Morgan fingerprint density at radius 1 is 1.28 bits per heavy atom. The second-order valence-corrected chi connectivity index (χ2v) is 4.82. The van der Waals surface area contributed by atoms with Gasteiger partial charge in [0.05, 0.1) is 0 Å². The average Bonchev–Trinajstić information content (AvgIpc) is 2.23. The van der Waals surface area contributed by atoms with Crippen molar-refractivity contribution >= 4 is 53.3 Å². The van der Waals surface area contributed by atoms with E-state index in [0.717, 1.165) is 0 Å². The third kappa shape index (κ3) is 4.76. The average molecular weight is 307 g/mol. The van der Waals surface area contributed by atoms with E-state index in [0.29, 0.717) is 15.7 Å². The molecule has 0 saturated heterocycles. The largest absolute Gasteiger partial charge is 0.344 e. The highest BCUT2D eigenvalue weighted by Gasteiger charge is 2.17. The van der Waals surface area contributed by atoms with Gasteiger partial charge < -0.3 is 10.6 Å². The lowest BCUT2D eigenvalue weighted by Crippen LogP contribution is -2.44. The molecule has 2 amide bonds. The van der Waals surface area contributed by atoms with Crippen molar-refractivity contribution < 1.29 is 9.59 Å². The normalized spacial score (nSPS) is 11.8. The van der Waals surface area contributed by atoms with E-state index in [4.69, 9.17) is 23.2 Å². The second kappa shape index (κ2) is 6.87. The molecule has 1 unspecified atom stereocenters. The van der Waals surface area contributed by atoms with Crippen LogP contribution in [0.5, 0.6) is 0 Å². The summed E-state index contributed by atoms with van der Waals surface area (Å²) < 4.78 is 0. The van der Waals surface area contributed by atoms with Gasteiger partial charge in [0.25, 0.3) is 0 Å². The molecule has 2 N–H and O–H groups in total. The van der Waals surface area contributed by atoms with Gasteiger partial charge in [0, 0.05) is 28.4 Å². The molecule has 1 aromatic carbocycles. The van der Waals surface area contributed by atoms with Crippen molar-refractivity contribution in [2.45, 2.75) is 13.0 Å². The molecule has 0 aliphatic heterocycles. The molecule has 0 aliphatic rings. The highest BCUT2D eigenvalue weighted by atomic mass is 35.5. The summed E-state index contributed by atoms with van der Waals surface area (Å²) in [7, 11) is 0. The number of nitrogens with one attached hydrogen (secondary N) is 2. The lowest BCUT2D eigenvalue weighted by atomic mass is 10.2. The Hall–Kier alpha value is -0.910. The number of amides is 2. The smallest absolute Gasteiger partial charge is 0.247 e. The summed E-state index contributed by atoms with van der Waals surface area (Å²) in [4.78, 5) is 22.8. The fourth-order valence-corrected chi connectivity index (χ4v) is 2.08. The lowest BCUT2D eigenvalue weighted by Gasteiger charge is -2.15. The highest BCUT2D eigenvalue weighted by molar-refractivity contribution is 7.80. The first kappa shape index (κ1) is 15.1. The first-order chi connectivity index (χ1) is 8.42. The van der Waals surface area contributed by atoms with E-state index < -0.39 is 6.04 Å². The molecule has 0 aliphatic carbocycles. The third-order valence-corrected chi connectivity index (χ3v) is 2.81. The van der Waals surface area contributed by atoms with Gasteiger partial charge in [-0.1, -0.05) is 23.2 Å². The van der Waals surface area contributed by atoms with Crippen LogP contribution in [0.25, 0.3) is 0 Å². The van der Waals surface area contributed by atoms with E-state index in [2.05, 4.69) is 23.3 Å². The van der Waals surface area contributed by atoms with E-state index in [1.165, 1.54) is 6.92 Å². The Bertz CT molecular complexity index is 448. The van der Waals surface area contributed by atoms with Gasteiger partial charge in [-0.2, -0.15) is 12.6 Å². The molecule has 1 aromatic rings. The molecule has 0 bridgehead atoms. The summed E-state index contributed by atoms with van der Waals surface area (Å²) in [6.07, 6.45) is 0. The van der Waals surface area contributed by atoms with Crippen LogP contribution < -0.4 is 10.6 Å². The minimum atomic E-state index is -0.705. The summed E-state index contributed by atoms with van der Waals surface area (Å²) in [6, 6.07) is 3.98. The van der Waals surface area contributed by atoms with Crippen LogP contribution in [0.1, 0.15) is 6.92 Å². The minimum Gasteiger partial charge on any atom is -0.344 e. The Balaban J connectivity index is 2.76. The molecular weight excluding hydrogens is 295 g/mol. The molecule has 18 heavy (non-hydrogen) atoms. The number of carbonyl (C=O) groups is 2. The number of hydrogen-bond acceptors (Lipinski definition) is 3. The van der Waals surface area contributed by atoms with E-state index >= 15 is 0 Å². The summed E-state index contributed by atoms with van der Waals surface area (Å²) in [5, 5.41) is 5.93. The first-order valence-electron chi connectivity index (χ1n) is 5.07. The van der Waals surface area contributed by atoms with Crippen molar-refractivity contribution in [3.05, 3.63) is 28.2 Å².